The number of aliphatic hydroxyl groups excluding tert-OH is 2. The molecule has 0 saturated carbocycles. The molecule has 0 spiro atoms. The highest BCUT2D eigenvalue weighted by molar-refractivity contribution is 6.74. The molecule has 8 nitrogen and oxygen atoms in total. The SMILES string of the molecule is CC(C)(C)[Si](C)(C)O[C@H](CCO)[C@@H](Cl)[C@@H](OCCO)n1ccc(=O)[nH]c1=O. The highest BCUT2D eigenvalue weighted by Gasteiger charge is 2.42. The van der Waals surface area contributed by atoms with Crippen LogP contribution in [0.25, 0.3) is 0 Å². The van der Waals surface area contributed by atoms with Gasteiger partial charge in [0.2, 0.25) is 0 Å². The first-order valence-corrected chi connectivity index (χ1v) is 12.3. The Morgan fingerprint density at radius 2 is 1.89 bits per heavy atom. The van der Waals surface area contributed by atoms with Crippen molar-refractivity contribution in [2.45, 2.75) is 63.0 Å². The van der Waals surface area contributed by atoms with Crippen molar-refractivity contribution >= 4 is 19.9 Å². The van der Waals surface area contributed by atoms with E-state index in [9.17, 15) is 14.7 Å². The van der Waals surface area contributed by atoms with Crippen LogP contribution in [0.5, 0.6) is 0 Å². The minimum atomic E-state index is -2.21. The fourth-order valence-electron chi connectivity index (χ4n) is 2.28. The molecule has 3 N–H and O–H groups in total. The van der Waals surface area contributed by atoms with Crippen molar-refractivity contribution in [1.82, 2.24) is 9.55 Å². The molecule has 0 bridgehead atoms. The monoisotopic (exact) mass is 422 g/mol. The zero-order valence-corrected chi connectivity index (χ0v) is 18.3. The lowest BCUT2D eigenvalue weighted by Gasteiger charge is -2.41. The molecule has 27 heavy (non-hydrogen) atoms. The number of alkyl halides is 1. The van der Waals surface area contributed by atoms with E-state index in [1.807, 2.05) is 0 Å². The number of aromatic amines is 1. The normalized spacial score (nSPS) is 16.1. The fraction of sp³-hybridized carbons (Fsp3) is 0.765. The van der Waals surface area contributed by atoms with E-state index in [1.165, 1.54) is 12.3 Å². The maximum atomic E-state index is 12.2. The van der Waals surface area contributed by atoms with E-state index in [0.717, 1.165) is 4.57 Å². The lowest BCUT2D eigenvalue weighted by atomic mass is 10.1. The van der Waals surface area contributed by atoms with Gasteiger partial charge in [0.05, 0.1) is 19.3 Å². The molecule has 10 heteroatoms. The van der Waals surface area contributed by atoms with Gasteiger partial charge in [0, 0.05) is 18.9 Å². The van der Waals surface area contributed by atoms with Crippen molar-refractivity contribution in [2.75, 3.05) is 19.8 Å². The molecule has 0 aliphatic heterocycles. The van der Waals surface area contributed by atoms with Crippen molar-refractivity contribution < 1.29 is 19.4 Å². The highest BCUT2D eigenvalue weighted by atomic mass is 35.5. The van der Waals surface area contributed by atoms with Gasteiger partial charge in [0.25, 0.3) is 5.56 Å². The van der Waals surface area contributed by atoms with Gasteiger partial charge < -0.3 is 19.4 Å². The second kappa shape index (κ2) is 9.99. The summed E-state index contributed by atoms with van der Waals surface area (Å²) >= 11 is 6.66. The van der Waals surface area contributed by atoms with E-state index >= 15 is 0 Å². The van der Waals surface area contributed by atoms with Crippen molar-refractivity contribution in [2.24, 2.45) is 0 Å². The summed E-state index contributed by atoms with van der Waals surface area (Å²) in [6.07, 6.45) is -0.0110. The van der Waals surface area contributed by atoms with Crippen LogP contribution in [0.1, 0.15) is 33.4 Å². The van der Waals surface area contributed by atoms with Gasteiger partial charge in [-0.3, -0.25) is 14.3 Å². The molecule has 0 amide bonds. The van der Waals surface area contributed by atoms with Crippen LogP contribution in [0.3, 0.4) is 0 Å². The summed E-state index contributed by atoms with van der Waals surface area (Å²) < 4.78 is 13.1. The third-order valence-electron chi connectivity index (χ3n) is 4.80. The van der Waals surface area contributed by atoms with Gasteiger partial charge in [0.15, 0.2) is 14.5 Å². The second-order valence-corrected chi connectivity index (χ2v) is 13.1. The number of aliphatic hydroxyl groups is 2. The molecule has 0 fully saturated rings. The van der Waals surface area contributed by atoms with Gasteiger partial charge in [-0.1, -0.05) is 20.8 Å². The van der Waals surface area contributed by atoms with E-state index in [1.54, 1.807) is 0 Å². The molecule has 0 unspecified atom stereocenters. The van der Waals surface area contributed by atoms with E-state index in [2.05, 4.69) is 38.8 Å². The summed E-state index contributed by atoms with van der Waals surface area (Å²) in [7, 11) is -2.21. The number of nitrogens with zero attached hydrogens (tertiary/aromatic N) is 1. The van der Waals surface area contributed by atoms with E-state index in [4.69, 9.17) is 25.9 Å². The highest BCUT2D eigenvalue weighted by Crippen LogP contribution is 2.39. The van der Waals surface area contributed by atoms with Crippen LogP contribution < -0.4 is 11.2 Å². The lowest BCUT2D eigenvalue weighted by molar-refractivity contribution is -0.0425. The van der Waals surface area contributed by atoms with E-state index in [0.29, 0.717) is 0 Å². The molecule has 1 heterocycles. The largest absolute Gasteiger partial charge is 0.412 e. The maximum Gasteiger partial charge on any atom is 0.330 e. The number of halogens is 1. The topological polar surface area (TPSA) is 114 Å². The maximum absolute atomic E-state index is 12.2. The predicted molar refractivity (Wildman–Crippen MR) is 107 cm³/mol. The number of hydrogen-bond donors (Lipinski definition) is 3. The van der Waals surface area contributed by atoms with Crippen molar-refractivity contribution in [3.8, 4) is 0 Å². The molecular weight excluding hydrogens is 392 g/mol. The van der Waals surface area contributed by atoms with Gasteiger partial charge >= 0.3 is 5.69 Å². The van der Waals surface area contributed by atoms with Crippen molar-refractivity contribution in [3.05, 3.63) is 33.1 Å². The number of nitrogens with one attached hydrogen (secondary N) is 1. The van der Waals surface area contributed by atoms with Crippen LogP contribution in [0.2, 0.25) is 18.1 Å². The Labute approximate surface area is 165 Å². The fourth-order valence-corrected chi connectivity index (χ4v) is 4.11. The average molecular weight is 423 g/mol. The molecular formula is C17H31ClN2O6Si. The Balaban J connectivity index is 3.24. The molecule has 3 atom stereocenters. The molecule has 0 saturated heterocycles. The minimum Gasteiger partial charge on any atom is -0.412 e. The summed E-state index contributed by atoms with van der Waals surface area (Å²) in [6, 6.07) is 1.19. The molecule has 0 aromatic carbocycles. The van der Waals surface area contributed by atoms with Gasteiger partial charge in [0.1, 0.15) is 5.38 Å². The van der Waals surface area contributed by atoms with Gasteiger partial charge in [-0.2, -0.15) is 0 Å². The summed E-state index contributed by atoms with van der Waals surface area (Å²) in [4.78, 5) is 25.7. The summed E-state index contributed by atoms with van der Waals surface area (Å²) in [5.41, 5.74) is -1.21. The first kappa shape index (κ1) is 24.1. The molecule has 1 rings (SSSR count). The van der Waals surface area contributed by atoms with Crippen LogP contribution in [0.4, 0.5) is 0 Å². The van der Waals surface area contributed by atoms with Crippen LogP contribution in [-0.4, -0.2) is 59.4 Å². The third-order valence-corrected chi connectivity index (χ3v) is 9.80. The Hall–Kier alpha value is -0.973. The molecule has 1 aromatic rings. The van der Waals surface area contributed by atoms with Crippen LogP contribution in [0, 0.1) is 0 Å². The van der Waals surface area contributed by atoms with Crippen molar-refractivity contribution in [3.63, 3.8) is 0 Å². The standard InChI is InChI=1S/C17H31ClN2O6Si/c1-17(2,3)27(4,5)26-12(7-9-21)14(18)15(25-11-10-22)20-8-6-13(23)19-16(20)24/h6,8,12,14-15,21-22H,7,9-11H2,1-5H3,(H,19,23,24)/t12-,14-,15-/m1/s1. The molecule has 0 aliphatic rings. The lowest BCUT2D eigenvalue weighted by Crippen LogP contribution is -2.49. The summed E-state index contributed by atoms with van der Waals surface area (Å²) in [5.74, 6) is 0. The molecule has 0 radical (unpaired) electrons. The van der Waals surface area contributed by atoms with Gasteiger partial charge in [-0.15, -0.1) is 11.6 Å². The predicted octanol–water partition coefficient (Wildman–Crippen LogP) is 1.42. The van der Waals surface area contributed by atoms with Crippen LogP contribution in [0.15, 0.2) is 21.9 Å². The molecule has 0 aliphatic carbocycles. The van der Waals surface area contributed by atoms with Crippen molar-refractivity contribution in [1.29, 1.82) is 0 Å². The quantitative estimate of drug-likeness (QED) is 0.388. The zero-order chi connectivity index (χ0) is 20.8. The number of aromatic nitrogens is 2. The third kappa shape index (κ3) is 6.55. The number of H-pyrrole nitrogens is 1. The molecule has 156 valence electrons. The van der Waals surface area contributed by atoms with Crippen LogP contribution >= 0.6 is 11.6 Å². The first-order chi connectivity index (χ1) is 12.4. The zero-order valence-electron chi connectivity index (χ0n) is 16.6. The average Bonchev–Trinajstić information content (AvgIpc) is 2.54. The van der Waals surface area contributed by atoms with E-state index < -0.39 is 37.3 Å². The number of ether oxygens (including phenoxy) is 1. The molecule has 1 aromatic heterocycles. The van der Waals surface area contributed by atoms with E-state index in [-0.39, 0.29) is 31.3 Å². The van der Waals surface area contributed by atoms with Gasteiger partial charge in [-0.25, -0.2) is 4.79 Å². The summed E-state index contributed by atoms with van der Waals surface area (Å²) in [5, 5.41) is 17.7. The Morgan fingerprint density at radius 3 is 2.37 bits per heavy atom. The van der Waals surface area contributed by atoms with Gasteiger partial charge in [-0.05, 0) is 24.6 Å². The smallest absolute Gasteiger partial charge is 0.330 e. The Morgan fingerprint density at radius 1 is 1.26 bits per heavy atom. The second-order valence-electron chi connectivity index (χ2n) is 7.88. The minimum absolute atomic E-state index is 0.0502. The number of rotatable bonds is 10. The summed E-state index contributed by atoms with van der Waals surface area (Å²) in [6.45, 7) is 9.94. The number of hydrogen-bond acceptors (Lipinski definition) is 6. The first-order valence-electron chi connectivity index (χ1n) is 8.91. The Kier molecular flexibility index (Phi) is 8.91. The van der Waals surface area contributed by atoms with Crippen LogP contribution in [-0.2, 0) is 9.16 Å². The Bertz CT molecular complexity index is 700.